The third-order valence-electron chi connectivity index (χ3n) is 3.05. The predicted octanol–water partition coefficient (Wildman–Crippen LogP) is 2.86. The molecule has 0 aliphatic carbocycles. The van der Waals surface area contributed by atoms with Crippen molar-refractivity contribution in [2.24, 2.45) is 0 Å². The Kier molecular flexibility index (Phi) is 4.88. The lowest BCUT2D eigenvalue weighted by Crippen LogP contribution is -2.15. The van der Waals surface area contributed by atoms with Crippen LogP contribution in [-0.4, -0.2) is 26.4 Å². The molecule has 0 radical (unpaired) electrons. The fourth-order valence-electron chi connectivity index (χ4n) is 1.92. The number of benzene rings is 2. The van der Waals surface area contributed by atoms with Crippen LogP contribution in [0, 0.1) is 0 Å². The van der Waals surface area contributed by atoms with Crippen molar-refractivity contribution >= 4 is 21.4 Å². The van der Waals surface area contributed by atoms with E-state index in [1.54, 1.807) is 36.4 Å². The van der Waals surface area contributed by atoms with Gasteiger partial charge in [0.1, 0.15) is 5.75 Å². The Balaban J connectivity index is 2.21. The molecule has 0 bridgehead atoms. The van der Waals surface area contributed by atoms with E-state index in [-0.39, 0.29) is 9.92 Å². The SMILES string of the molecule is COc1ccc(C(O)CS(=O)(=O)c2ccccc2Cl)cc1. The first-order chi connectivity index (χ1) is 9.94. The van der Waals surface area contributed by atoms with E-state index in [0.29, 0.717) is 11.3 Å². The largest absolute Gasteiger partial charge is 0.497 e. The van der Waals surface area contributed by atoms with Gasteiger partial charge in [0.15, 0.2) is 9.84 Å². The van der Waals surface area contributed by atoms with Crippen LogP contribution in [-0.2, 0) is 9.84 Å². The van der Waals surface area contributed by atoms with E-state index < -0.39 is 21.7 Å². The highest BCUT2D eigenvalue weighted by Crippen LogP contribution is 2.26. The fourth-order valence-corrected chi connectivity index (χ4v) is 3.84. The van der Waals surface area contributed by atoms with Crippen molar-refractivity contribution in [3.05, 3.63) is 59.1 Å². The molecule has 0 aliphatic rings. The van der Waals surface area contributed by atoms with Gasteiger partial charge in [-0.15, -0.1) is 0 Å². The molecular formula is C15H15ClO4S. The molecule has 21 heavy (non-hydrogen) atoms. The molecule has 0 amide bonds. The lowest BCUT2D eigenvalue weighted by atomic mass is 10.1. The van der Waals surface area contributed by atoms with Crippen LogP contribution in [0.25, 0.3) is 0 Å². The van der Waals surface area contributed by atoms with Gasteiger partial charge in [-0.1, -0.05) is 35.9 Å². The summed E-state index contributed by atoms with van der Waals surface area (Å²) >= 11 is 5.90. The zero-order valence-electron chi connectivity index (χ0n) is 11.4. The number of aliphatic hydroxyl groups excluding tert-OH is 1. The monoisotopic (exact) mass is 326 g/mol. The molecule has 4 nitrogen and oxygen atoms in total. The van der Waals surface area contributed by atoms with Gasteiger partial charge in [-0.25, -0.2) is 8.42 Å². The second-order valence-electron chi connectivity index (χ2n) is 4.50. The first-order valence-electron chi connectivity index (χ1n) is 6.23. The highest BCUT2D eigenvalue weighted by molar-refractivity contribution is 7.91. The summed E-state index contributed by atoms with van der Waals surface area (Å²) in [4.78, 5) is 0.0271. The Bertz CT molecular complexity index is 711. The Labute approximate surface area is 128 Å². The molecule has 2 aromatic carbocycles. The van der Waals surface area contributed by atoms with Gasteiger partial charge in [0.25, 0.3) is 0 Å². The zero-order valence-corrected chi connectivity index (χ0v) is 12.9. The van der Waals surface area contributed by atoms with E-state index >= 15 is 0 Å². The van der Waals surface area contributed by atoms with Crippen LogP contribution in [0.5, 0.6) is 5.75 Å². The maximum Gasteiger partial charge on any atom is 0.182 e. The van der Waals surface area contributed by atoms with Crippen LogP contribution in [0.2, 0.25) is 5.02 Å². The van der Waals surface area contributed by atoms with Crippen LogP contribution in [0.4, 0.5) is 0 Å². The summed E-state index contributed by atoms with van der Waals surface area (Å²) in [7, 11) is -2.13. The Hall–Kier alpha value is -1.56. The summed E-state index contributed by atoms with van der Waals surface area (Å²) in [6, 6.07) is 12.8. The normalized spacial score (nSPS) is 12.9. The predicted molar refractivity (Wildman–Crippen MR) is 81.5 cm³/mol. The molecule has 0 fully saturated rings. The Morgan fingerprint density at radius 3 is 2.33 bits per heavy atom. The van der Waals surface area contributed by atoms with Gasteiger partial charge in [0.2, 0.25) is 0 Å². The quantitative estimate of drug-likeness (QED) is 0.917. The van der Waals surface area contributed by atoms with Crippen molar-refractivity contribution < 1.29 is 18.3 Å². The molecule has 0 saturated heterocycles. The van der Waals surface area contributed by atoms with Crippen molar-refractivity contribution in [2.75, 3.05) is 12.9 Å². The van der Waals surface area contributed by atoms with Crippen molar-refractivity contribution in [1.82, 2.24) is 0 Å². The van der Waals surface area contributed by atoms with Crippen LogP contribution < -0.4 is 4.74 Å². The Morgan fingerprint density at radius 2 is 1.76 bits per heavy atom. The summed E-state index contributed by atoms with van der Waals surface area (Å²) in [5, 5.41) is 10.3. The molecule has 6 heteroatoms. The standard InChI is InChI=1S/C15H15ClO4S/c1-20-12-8-6-11(7-9-12)14(17)10-21(18,19)15-5-3-2-4-13(15)16/h2-9,14,17H,10H2,1H3. The van der Waals surface area contributed by atoms with E-state index in [0.717, 1.165) is 0 Å². The molecule has 1 N–H and O–H groups in total. The number of hydrogen-bond donors (Lipinski definition) is 1. The average molecular weight is 327 g/mol. The minimum absolute atomic E-state index is 0.0271. The molecule has 0 spiro atoms. The molecule has 2 aromatic rings. The van der Waals surface area contributed by atoms with E-state index in [9.17, 15) is 13.5 Å². The second kappa shape index (κ2) is 6.47. The summed E-state index contributed by atoms with van der Waals surface area (Å²) in [6.45, 7) is 0. The van der Waals surface area contributed by atoms with Gasteiger partial charge in [-0.3, -0.25) is 0 Å². The second-order valence-corrected chi connectivity index (χ2v) is 6.91. The summed E-state index contributed by atoms with van der Waals surface area (Å²) in [5.74, 6) is 0.211. The van der Waals surface area contributed by atoms with E-state index in [1.807, 2.05) is 0 Å². The number of halogens is 1. The number of rotatable bonds is 5. The molecule has 112 valence electrons. The van der Waals surface area contributed by atoms with Gasteiger partial charge in [-0.2, -0.15) is 0 Å². The van der Waals surface area contributed by atoms with Crippen molar-refractivity contribution in [3.63, 3.8) is 0 Å². The molecule has 0 heterocycles. The van der Waals surface area contributed by atoms with Crippen LogP contribution in [0.15, 0.2) is 53.4 Å². The summed E-state index contributed by atoms with van der Waals surface area (Å²) in [5.41, 5.74) is 0.506. The van der Waals surface area contributed by atoms with Crippen LogP contribution >= 0.6 is 11.6 Å². The highest BCUT2D eigenvalue weighted by atomic mass is 35.5. The topological polar surface area (TPSA) is 63.6 Å². The van der Waals surface area contributed by atoms with Crippen LogP contribution in [0.3, 0.4) is 0 Å². The lowest BCUT2D eigenvalue weighted by molar-refractivity contribution is 0.201. The fraction of sp³-hybridized carbons (Fsp3) is 0.200. The van der Waals surface area contributed by atoms with Crippen molar-refractivity contribution in [3.8, 4) is 5.75 Å². The number of sulfone groups is 1. The molecule has 0 saturated carbocycles. The Morgan fingerprint density at radius 1 is 1.14 bits per heavy atom. The molecule has 2 rings (SSSR count). The van der Waals surface area contributed by atoms with E-state index in [2.05, 4.69) is 0 Å². The third-order valence-corrected chi connectivity index (χ3v) is 5.27. The van der Waals surface area contributed by atoms with Gasteiger partial charge in [0.05, 0.1) is 28.9 Å². The number of aliphatic hydroxyl groups is 1. The highest BCUT2D eigenvalue weighted by Gasteiger charge is 2.23. The minimum Gasteiger partial charge on any atom is -0.497 e. The number of hydrogen-bond acceptors (Lipinski definition) is 4. The summed E-state index contributed by atoms with van der Waals surface area (Å²) in [6.07, 6.45) is -1.13. The van der Waals surface area contributed by atoms with Gasteiger partial charge >= 0.3 is 0 Å². The van der Waals surface area contributed by atoms with Crippen LogP contribution in [0.1, 0.15) is 11.7 Å². The third kappa shape index (κ3) is 3.75. The molecule has 0 aliphatic heterocycles. The molecule has 0 aromatic heterocycles. The van der Waals surface area contributed by atoms with Gasteiger partial charge < -0.3 is 9.84 Å². The van der Waals surface area contributed by atoms with Gasteiger partial charge in [-0.05, 0) is 29.8 Å². The zero-order chi connectivity index (χ0) is 15.5. The smallest absolute Gasteiger partial charge is 0.182 e. The maximum absolute atomic E-state index is 12.3. The summed E-state index contributed by atoms with van der Waals surface area (Å²) < 4.78 is 29.6. The first-order valence-corrected chi connectivity index (χ1v) is 8.26. The lowest BCUT2D eigenvalue weighted by Gasteiger charge is -2.13. The number of methoxy groups -OCH3 is 1. The molecule has 1 unspecified atom stereocenters. The van der Waals surface area contributed by atoms with Crippen molar-refractivity contribution in [2.45, 2.75) is 11.0 Å². The molecule has 1 atom stereocenters. The minimum atomic E-state index is -3.67. The van der Waals surface area contributed by atoms with Crippen molar-refractivity contribution in [1.29, 1.82) is 0 Å². The maximum atomic E-state index is 12.3. The number of ether oxygens (including phenoxy) is 1. The van der Waals surface area contributed by atoms with E-state index in [1.165, 1.54) is 19.2 Å². The average Bonchev–Trinajstić information content (AvgIpc) is 2.47. The first kappa shape index (κ1) is 15.8. The molecular weight excluding hydrogens is 312 g/mol. The van der Waals surface area contributed by atoms with Gasteiger partial charge in [0, 0.05) is 0 Å². The van der Waals surface area contributed by atoms with E-state index in [4.69, 9.17) is 16.3 Å².